The topological polar surface area (TPSA) is 12.4 Å². The van der Waals surface area contributed by atoms with Crippen LogP contribution in [0.5, 0.6) is 0 Å². The molecule has 0 aliphatic rings. The van der Waals surface area contributed by atoms with Gasteiger partial charge in [0.15, 0.2) is 0 Å². The molecule has 0 aliphatic heterocycles. The van der Waals surface area contributed by atoms with Crippen molar-refractivity contribution in [2.45, 2.75) is 6.42 Å². The van der Waals surface area contributed by atoms with Crippen molar-refractivity contribution in [2.75, 3.05) is 6.54 Å². The molecule has 0 aromatic carbocycles. The van der Waals surface area contributed by atoms with Gasteiger partial charge in [-0.05, 0) is 0 Å². The van der Waals surface area contributed by atoms with Crippen molar-refractivity contribution >= 4 is 20.3 Å². The van der Waals surface area contributed by atoms with E-state index in [-0.39, 0.29) is 0 Å². The second-order valence-electron chi connectivity index (χ2n) is 0.927. The Bertz CT molecular complexity index is 117. The standard InChI is InChI=1S/C5H5NSe/c1-2-3-4-6-5-7/h1H,3-4H2. The predicted octanol–water partition coefficient (Wildman–Crippen LogP) is 0.0835. The van der Waals surface area contributed by atoms with Gasteiger partial charge >= 0.3 is 50.6 Å². The fraction of sp³-hybridized carbons (Fsp3) is 0.400. The number of rotatable bonds is 2. The molecular formula is C5H5NSe. The van der Waals surface area contributed by atoms with Crippen molar-refractivity contribution in [1.29, 1.82) is 0 Å². The van der Waals surface area contributed by atoms with Crippen molar-refractivity contribution in [3.05, 3.63) is 0 Å². The molecule has 36 valence electrons. The third-order valence-electron chi connectivity index (χ3n) is 0.432. The first-order chi connectivity index (χ1) is 3.41. The Morgan fingerprint density at radius 3 is 2.86 bits per heavy atom. The van der Waals surface area contributed by atoms with E-state index in [0.717, 1.165) is 0 Å². The van der Waals surface area contributed by atoms with Gasteiger partial charge in [0.2, 0.25) is 0 Å². The number of hydrogen-bond donors (Lipinski definition) is 0. The molecule has 0 rings (SSSR count). The Morgan fingerprint density at radius 1 is 1.71 bits per heavy atom. The van der Waals surface area contributed by atoms with E-state index in [0.29, 0.717) is 13.0 Å². The van der Waals surface area contributed by atoms with Crippen LogP contribution in [-0.2, 0) is 0 Å². The Balaban J connectivity index is 3.03. The van der Waals surface area contributed by atoms with E-state index >= 15 is 0 Å². The van der Waals surface area contributed by atoms with Crippen LogP contribution < -0.4 is 0 Å². The van der Waals surface area contributed by atoms with Gasteiger partial charge in [0.05, 0.1) is 0 Å². The monoisotopic (exact) mass is 159 g/mol. The van der Waals surface area contributed by atoms with Gasteiger partial charge in [0.1, 0.15) is 0 Å². The van der Waals surface area contributed by atoms with Gasteiger partial charge in [-0.25, -0.2) is 0 Å². The van der Waals surface area contributed by atoms with Crippen LogP contribution in [0.3, 0.4) is 0 Å². The summed E-state index contributed by atoms with van der Waals surface area (Å²) in [6.45, 7) is 0.684. The summed E-state index contributed by atoms with van der Waals surface area (Å²) in [5.41, 5.74) is 0. The molecule has 0 bridgehead atoms. The SMILES string of the molecule is C#CCCN=C=[Se]. The minimum absolute atomic E-state index is 0.684. The van der Waals surface area contributed by atoms with Gasteiger partial charge in [-0.3, -0.25) is 0 Å². The Labute approximate surface area is 51.2 Å². The normalized spacial score (nSPS) is 6.14. The van der Waals surface area contributed by atoms with Crippen LogP contribution in [-0.4, -0.2) is 26.8 Å². The van der Waals surface area contributed by atoms with Gasteiger partial charge in [-0.2, -0.15) is 0 Å². The van der Waals surface area contributed by atoms with Crippen LogP contribution in [0.25, 0.3) is 0 Å². The summed E-state index contributed by atoms with van der Waals surface area (Å²) in [5, 5.41) is 0. The average molecular weight is 158 g/mol. The number of terminal acetylenes is 1. The van der Waals surface area contributed by atoms with Crippen molar-refractivity contribution in [3.8, 4) is 12.3 Å². The van der Waals surface area contributed by atoms with Crippen LogP contribution in [0.2, 0.25) is 0 Å². The Morgan fingerprint density at radius 2 is 2.43 bits per heavy atom. The summed E-state index contributed by atoms with van der Waals surface area (Å²) in [7, 11) is 0. The van der Waals surface area contributed by atoms with Crippen molar-refractivity contribution in [2.24, 2.45) is 4.99 Å². The molecule has 7 heavy (non-hydrogen) atoms. The zero-order chi connectivity index (χ0) is 5.54. The zero-order valence-corrected chi connectivity index (χ0v) is 5.56. The van der Waals surface area contributed by atoms with Crippen molar-refractivity contribution in [1.82, 2.24) is 0 Å². The minimum atomic E-state index is 0.684. The van der Waals surface area contributed by atoms with Gasteiger partial charge in [-0.1, -0.05) is 0 Å². The van der Waals surface area contributed by atoms with Crippen LogP contribution >= 0.6 is 0 Å². The first-order valence-corrected chi connectivity index (χ1v) is 2.74. The zero-order valence-electron chi connectivity index (χ0n) is 3.85. The van der Waals surface area contributed by atoms with E-state index in [1.165, 1.54) is 0 Å². The van der Waals surface area contributed by atoms with E-state index in [1.54, 1.807) is 0 Å². The fourth-order valence-corrected chi connectivity index (χ4v) is 0.358. The molecule has 0 atom stereocenters. The average Bonchev–Trinajstić information content (AvgIpc) is 1.69. The Hall–Kier alpha value is -0.341. The molecule has 1 nitrogen and oxygen atoms in total. The van der Waals surface area contributed by atoms with E-state index in [1.807, 2.05) is 0 Å². The molecule has 0 aromatic rings. The van der Waals surface area contributed by atoms with Crippen LogP contribution in [0.1, 0.15) is 6.42 Å². The predicted molar refractivity (Wildman–Crippen MR) is 31.5 cm³/mol. The maximum absolute atomic E-state index is 4.92. The molecular weight excluding hydrogens is 153 g/mol. The first kappa shape index (κ1) is 6.66. The molecule has 0 aromatic heterocycles. The molecule has 0 amide bonds. The number of aliphatic imine (C=N–C) groups is 1. The van der Waals surface area contributed by atoms with E-state index < -0.39 is 0 Å². The van der Waals surface area contributed by atoms with E-state index in [9.17, 15) is 0 Å². The van der Waals surface area contributed by atoms with Gasteiger partial charge in [0, 0.05) is 0 Å². The maximum atomic E-state index is 4.92. The summed E-state index contributed by atoms with van der Waals surface area (Å²) in [4.78, 5) is 3.71. The van der Waals surface area contributed by atoms with Crippen molar-refractivity contribution < 1.29 is 0 Å². The summed E-state index contributed by atoms with van der Waals surface area (Å²) in [6.07, 6.45) is 5.62. The van der Waals surface area contributed by atoms with Gasteiger partial charge in [-0.15, -0.1) is 0 Å². The van der Waals surface area contributed by atoms with Crippen LogP contribution in [0.15, 0.2) is 4.99 Å². The molecule has 0 aliphatic carbocycles. The summed E-state index contributed by atoms with van der Waals surface area (Å²) >= 11 is 2.52. The van der Waals surface area contributed by atoms with E-state index in [2.05, 4.69) is 31.2 Å². The quantitative estimate of drug-likeness (QED) is 0.233. The first-order valence-electron chi connectivity index (χ1n) is 1.89. The van der Waals surface area contributed by atoms with E-state index in [4.69, 9.17) is 6.42 Å². The van der Waals surface area contributed by atoms with Crippen LogP contribution in [0, 0.1) is 12.3 Å². The molecule has 0 saturated heterocycles. The Kier molecular flexibility index (Phi) is 5.38. The molecule has 0 fully saturated rings. The molecule has 0 spiro atoms. The molecule has 0 radical (unpaired) electrons. The summed E-state index contributed by atoms with van der Waals surface area (Å²) in [6, 6.07) is 0. The molecule has 0 unspecified atom stereocenters. The van der Waals surface area contributed by atoms with Crippen LogP contribution in [0.4, 0.5) is 0 Å². The molecule has 2 heteroatoms. The van der Waals surface area contributed by atoms with Gasteiger partial charge < -0.3 is 0 Å². The van der Waals surface area contributed by atoms with Crippen molar-refractivity contribution in [3.63, 3.8) is 0 Å². The third-order valence-corrected chi connectivity index (χ3v) is 0.703. The number of nitrogens with zero attached hydrogens (tertiary/aromatic N) is 1. The second-order valence-corrected chi connectivity index (χ2v) is 1.31. The third kappa shape index (κ3) is 5.66. The molecule has 0 N–H and O–H groups in total. The molecule has 0 saturated carbocycles. The number of hydrogen-bond acceptors (Lipinski definition) is 1. The summed E-state index contributed by atoms with van der Waals surface area (Å²) in [5.74, 6) is 2.45. The fourth-order valence-electron chi connectivity index (χ4n) is 0.166. The second kappa shape index (κ2) is 5.66. The van der Waals surface area contributed by atoms with Gasteiger partial charge in [0.25, 0.3) is 0 Å². The molecule has 0 heterocycles. The summed E-state index contributed by atoms with van der Waals surface area (Å²) < 4.78 is 2.51.